The highest BCUT2D eigenvalue weighted by Gasteiger charge is 2.32. The van der Waals surface area contributed by atoms with Gasteiger partial charge in [-0.15, -0.1) is 0 Å². The normalized spacial score (nSPS) is 19.3. The topological polar surface area (TPSA) is 56.8 Å². The van der Waals surface area contributed by atoms with E-state index in [0.717, 1.165) is 11.3 Å². The lowest BCUT2D eigenvalue weighted by Crippen LogP contribution is -2.15. The van der Waals surface area contributed by atoms with Crippen LogP contribution in [-0.4, -0.2) is 26.2 Å². The molecule has 1 aliphatic carbocycles. The molecule has 26 heavy (non-hydrogen) atoms. The van der Waals surface area contributed by atoms with Gasteiger partial charge in [-0.05, 0) is 30.3 Å². The number of carbonyl (C=O) groups excluding carboxylic acids is 1. The number of carbonyl (C=O) groups is 1. The first kappa shape index (κ1) is 16.3. The molecule has 0 bridgehead atoms. The second-order valence-electron chi connectivity index (χ2n) is 6.15. The molecule has 1 heterocycles. The Bertz CT molecular complexity index is 916. The number of amides is 1. The average molecular weight is 349 g/mol. The Morgan fingerprint density at radius 2 is 1.81 bits per heavy atom. The minimum atomic E-state index is -0.221. The molecule has 0 fully saturated rings. The van der Waals surface area contributed by atoms with Crippen molar-refractivity contribution >= 4 is 11.6 Å². The third-order valence-electron chi connectivity index (χ3n) is 4.62. The van der Waals surface area contributed by atoms with E-state index in [9.17, 15) is 4.79 Å². The lowest BCUT2D eigenvalue weighted by Gasteiger charge is -2.13. The first-order valence-corrected chi connectivity index (χ1v) is 8.38. The van der Waals surface area contributed by atoms with Crippen molar-refractivity contribution in [3.63, 3.8) is 0 Å². The van der Waals surface area contributed by atoms with Crippen LogP contribution in [0.2, 0.25) is 0 Å². The zero-order valence-electron chi connectivity index (χ0n) is 14.6. The smallest absolute Gasteiger partial charge is 0.255 e. The summed E-state index contributed by atoms with van der Waals surface area (Å²) < 4.78 is 16.4. The highest BCUT2D eigenvalue weighted by Crippen LogP contribution is 2.42. The average Bonchev–Trinajstić information content (AvgIpc) is 3.05. The van der Waals surface area contributed by atoms with Gasteiger partial charge in [-0.3, -0.25) is 4.79 Å². The molecule has 2 aliphatic rings. The Labute approximate surface area is 151 Å². The number of hydrogen-bond acceptors (Lipinski definition) is 4. The third-order valence-corrected chi connectivity index (χ3v) is 4.62. The molecule has 0 saturated carbocycles. The van der Waals surface area contributed by atoms with Gasteiger partial charge < -0.3 is 19.5 Å². The van der Waals surface area contributed by atoms with E-state index in [-0.39, 0.29) is 17.9 Å². The molecule has 0 aromatic heterocycles. The van der Waals surface area contributed by atoms with Crippen LogP contribution in [0.25, 0.3) is 0 Å². The van der Waals surface area contributed by atoms with Gasteiger partial charge in [-0.2, -0.15) is 0 Å². The molecule has 2 aromatic rings. The second kappa shape index (κ2) is 6.59. The Morgan fingerprint density at radius 3 is 2.62 bits per heavy atom. The van der Waals surface area contributed by atoms with E-state index in [2.05, 4.69) is 11.4 Å². The monoisotopic (exact) mass is 349 g/mol. The van der Waals surface area contributed by atoms with Gasteiger partial charge in [-0.1, -0.05) is 24.3 Å². The highest BCUT2D eigenvalue weighted by molar-refractivity contribution is 6.04. The molecule has 0 spiro atoms. The van der Waals surface area contributed by atoms with Crippen molar-refractivity contribution in [3.8, 4) is 17.2 Å². The Hall–Kier alpha value is -3.21. The Kier molecular flexibility index (Phi) is 4.13. The number of anilines is 1. The minimum Gasteiger partial charge on any atom is -0.493 e. The summed E-state index contributed by atoms with van der Waals surface area (Å²) in [6, 6.07) is 10.8. The predicted molar refractivity (Wildman–Crippen MR) is 99.4 cm³/mol. The molecule has 5 nitrogen and oxygen atoms in total. The van der Waals surface area contributed by atoms with Crippen molar-refractivity contribution in [1.82, 2.24) is 0 Å². The molecule has 2 unspecified atom stereocenters. The van der Waals surface area contributed by atoms with Crippen LogP contribution >= 0.6 is 0 Å². The summed E-state index contributed by atoms with van der Waals surface area (Å²) in [5, 5.41) is 2.91. The largest absolute Gasteiger partial charge is 0.493 e. The summed E-state index contributed by atoms with van der Waals surface area (Å²) in [5.74, 6) is 1.92. The molecule has 1 N–H and O–H groups in total. The van der Waals surface area contributed by atoms with Gasteiger partial charge in [0.15, 0.2) is 11.5 Å². The van der Waals surface area contributed by atoms with Gasteiger partial charge in [0.25, 0.3) is 5.91 Å². The zero-order chi connectivity index (χ0) is 18.1. The van der Waals surface area contributed by atoms with Crippen LogP contribution in [0.4, 0.5) is 5.69 Å². The summed E-state index contributed by atoms with van der Waals surface area (Å²) in [5.41, 5.74) is 2.32. The van der Waals surface area contributed by atoms with Crippen LogP contribution < -0.4 is 19.5 Å². The number of methoxy groups -OCH3 is 2. The van der Waals surface area contributed by atoms with Crippen molar-refractivity contribution in [3.05, 3.63) is 71.8 Å². The molecule has 0 saturated heterocycles. The highest BCUT2D eigenvalue weighted by atomic mass is 16.5. The first-order chi connectivity index (χ1) is 12.7. The summed E-state index contributed by atoms with van der Waals surface area (Å²) in [6.45, 7) is 0. The van der Waals surface area contributed by atoms with Crippen LogP contribution in [0.15, 0.2) is 60.7 Å². The summed E-state index contributed by atoms with van der Waals surface area (Å²) in [6.07, 6.45) is 8.25. The number of nitrogens with one attached hydrogen (secondary N) is 1. The van der Waals surface area contributed by atoms with Crippen molar-refractivity contribution in [2.75, 3.05) is 19.5 Å². The van der Waals surface area contributed by atoms with Crippen LogP contribution in [0.1, 0.15) is 21.8 Å². The van der Waals surface area contributed by atoms with Crippen LogP contribution in [0.3, 0.4) is 0 Å². The van der Waals surface area contributed by atoms with E-state index in [1.807, 2.05) is 36.4 Å². The predicted octanol–water partition coefficient (Wildman–Crippen LogP) is 3.93. The van der Waals surface area contributed by atoms with E-state index in [1.54, 1.807) is 32.4 Å². The summed E-state index contributed by atoms with van der Waals surface area (Å²) >= 11 is 0. The van der Waals surface area contributed by atoms with E-state index < -0.39 is 0 Å². The lowest BCUT2D eigenvalue weighted by atomic mass is 9.92. The third kappa shape index (κ3) is 2.81. The van der Waals surface area contributed by atoms with Crippen molar-refractivity contribution in [2.24, 2.45) is 0 Å². The van der Waals surface area contributed by atoms with Crippen molar-refractivity contribution in [1.29, 1.82) is 0 Å². The molecule has 4 rings (SSSR count). The molecule has 1 aliphatic heterocycles. The number of rotatable bonds is 4. The zero-order valence-corrected chi connectivity index (χ0v) is 14.6. The van der Waals surface area contributed by atoms with E-state index in [1.165, 1.54) is 0 Å². The lowest BCUT2D eigenvalue weighted by molar-refractivity contribution is 0.102. The summed E-state index contributed by atoms with van der Waals surface area (Å²) in [4.78, 5) is 12.6. The molecule has 5 heteroatoms. The molecular weight excluding hydrogens is 330 g/mol. The molecule has 1 amide bonds. The Morgan fingerprint density at radius 1 is 1.00 bits per heavy atom. The number of benzene rings is 2. The summed E-state index contributed by atoms with van der Waals surface area (Å²) in [7, 11) is 3.10. The van der Waals surface area contributed by atoms with Gasteiger partial charge in [-0.25, -0.2) is 0 Å². The second-order valence-corrected chi connectivity index (χ2v) is 6.15. The number of fused-ring (bicyclic) bond motifs is 3. The van der Waals surface area contributed by atoms with Gasteiger partial charge >= 0.3 is 0 Å². The Balaban J connectivity index is 1.54. The van der Waals surface area contributed by atoms with Gasteiger partial charge in [0.2, 0.25) is 0 Å². The maximum Gasteiger partial charge on any atom is 0.255 e. The van der Waals surface area contributed by atoms with Crippen molar-refractivity contribution in [2.45, 2.75) is 12.0 Å². The maximum absolute atomic E-state index is 12.6. The fraction of sp³-hybridized carbons (Fsp3) is 0.190. The fourth-order valence-corrected chi connectivity index (χ4v) is 3.30. The number of allylic oxidation sites excluding steroid dienone is 2. The van der Waals surface area contributed by atoms with E-state index in [4.69, 9.17) is 14.2 Å². The number of ether oxygens (including phenoxy) is 3. The first-order valence-electron chi connectivity index (χ1n) is 8.38. The molecule has 2 aromatic carbocycles. The van der Waals surface area contributed by atoms with Gasteiger partial charge in [0, 0.05) is 28.8 Å². The molecule has 0 radical (unpaired) electrons. The number of hydrogen-bond donors (Lipinski definition) is 1. The van der Waals surface area contributed by atoms with Crippen LogP contribution in [-0.2, 0) is 0 Å². The van der Waals surface area contributed by atoms with Gasteiger partial charge in [0.1, 0.15) is 11.9 Å². The SMILES string of the molecule is COc1ccc(C(=O)Nc2ccc3c(c2)OC2C=CC=CC32)cc1OC. The quantitative estimate of drug-likeness (QED) is 0.909. The van der Waals surface area contributed by atoms with Crippen molar-refractivity contribution < 1.29 is 19.0 Å². The van der Waals surface area contributed by atoms with Crippen LogP contribution in [0.5, 0.6) is 17.2 Å². The molecule has 2 atom stereocenters. The van der Waals surface area contributed by atoms with Gasteiger partial charge in [0.05, 0.1) is 14.2 Å². The fourth-order valence-electron chi connectivity index (χ4n) is 3.30. The maximum atomic E-state index is 12.6. The van der Waals surface area contributed by atoms with E-state index in [0.29, 0.717) is 22.7 Å². The van der Waals surface area contributed by atoms with E-state index >= 15 is 0 Å². The molecule has 132 valence electrons. The van der Waals surface area contributed by atoms with Crippen LogP contribution in [0, 0.1) is 0 Å². The molecular formula is C21H19NO4. The standard InChI is InChI=1S/C21H19NO4/c1-24-18-10-7-13(11-20(18)25-2)21(23)22-14-8-9-16-15-5-3-4-6-17(15)26-19(16)12-14/h3-12,15,17H,1-2H3,(H,22,23). The minimum absolute atomic E-state index is 0.0341.